The maximum absolute atomic E-state index is 12.2. The number of nitro benzene ring substituents is 1. The SMILES string of the molecule is CN(CC(=O)N1CCNCC1)c1ccc([N+](=O)[O-])cc1I. The summed E-state index contributed by atoms with van der Waals surface area (Å²) in [7, 11) is 1.82. The summed E-state index contributed by atoms with van der Waals surface area (Å²) < 4.78 is 0.761. The molecule has 1 amide bonds. The zero-order valence-electron chi connectivity index (χ0n) is 11.7. The smallest absolute Gasteiger partial charge is 0.270 e. The Kier molecular flexibility index (Phi) is 5.34. The van der Waals surface area contributed by atoms with Gasteiger partial charge in [-0.15, -0.1) is 0 Å². The second-order valence-corrected chi connectivity index (χ2v) is 6.04. The van der Waals surface area contributed by atoms with Gasteiger partial charge in [0.15, 0.2) is 0 Å². The average molecular weight is 404 g/mol. The first-order valence-electron chi connectivity index (χ1n) is 6.62. The lowest BCUT2D eigenvalue weighted by Crippen LogP contribution is -2.49. The molecule has 8 heteroatoms. The number of benzene rings is 1. The Balaban J connectivity index is 2.04. The van der Waals surface area contributed by atoms with Crippen LogP contribution in [0.4, 0.5) is 11.4 Å². The van der Waals surface area contributed by atoms with Gasteiger partial charge < -0.3 is 15.1 Å². The van der Waals surface area contributed by atoms with Crippen molar-refractivity contribution < 1.29 is 9.72 Å². The van der Waals surface area contributed by atoms with E-state index < -0.39 is 4.92 Å². The third-order valence-electron chi connectivity index (χ3n) is 3.40. The number of rotatable bonds is 4. The van der Waals surface area contributed by atoms with Crippen LogP contribution in [0.3, 0.4) is 0 Å². The van der Waals surface area contributed by atoms with Crippen molar-refractivity contribution >= 4 is 39.9 Å². The first kappa shape index (κ1) is 16.0. The predicted molar refractivity (Wildman–Crippen MR) is 88.5 cm³/mol. The summed E-state index contributed by atoms with van der Waals surface area (Å²) in [6, 6.07) is 4.66. The van der Waals surface area contributed by atoms with Crippen LogP contribution in [0.5, 0.6) is 0 Å². The van der Waals surface area contributed by atoms with Crippen molar-refractivity contribution in [3.63, 3.8) is 0 Å². The zero-order valence-corrected chi connectivity index (χ0v) is 13.9. The fourth-order valence-corrected chi connectivity index (χ4v) is 3.13. The molecule has 2 rings (SSSR count). The third-order valence-corrected chi connectivity index (χ3v) is 4.26. The van der Waals surface area contributed by atoms with Gasteiger partial charge in [-0.2, -0.15) is 0 Å². The number of hydrogen-bond donors (Lipinski definition) is 1. The maximum atomic E-state index is 12.2. The molecule has 1 N–H and O–H groups in total. The van der Waals surface area contributed by atoms with Gasteiger partial charge in [-0.3, -0.25) is 14.9 Å². The van der Waals surface area contributed by atoms with Crippen LogP contribution < -0.4 is 10.2 Å². The number of nitrogens with one attached hydrogen (secondary N) is 1. The summed E-state index contributed by atoms with van der Waals surface area (Å²) in [5.41, 5.74) is 0.884. The third kappa shape index (κ3) is 4.03. The van der Waals surface area contributed by atoms with E-state index in [9.17, 15) is 14.9 Å². The largest absolute Gasteiger partial charge is 0.364 e. The zero-order chi connectivity index (χ0) is 15.4. The Bertz CT molecular complexity index is 546. The van der Waals surface area contributed by atoms with E-state index in [2.05, 4.69) is 27.9 Å². The number of nitrogens with zero attached hydrogens (tertiary/aromatic N) is 3. The molecule has 0 atom stereocenters. The molecular formula is C13H17IN4O3. The predicted octanol–water partition coefficient (Wildman–Crippen LogP) is 1.07. The van der Waals surface area contributed by atoms with Crippen LogP contribution >= 0.6 is 22.6 Å². The number of nitro groups is 1. The fraction of sp³-hybridized carbons (Fsp3) is 0.462. The first-order valence-corrected chi connectivity index (χ1v) is 7.70. The second kappa shape index (κ2) is 7.03. The van der Waals surface area contributed by atoms with Crippen molar-refractivity contribution in [3.05, 3.63) is 31.9 Å². The number of halogens is 1. The Hall–Kier alpha value is -1.42. The van der Waals surface area contributed by atoms with Gasteiger partial charge in [-0.1, -0.05) is 0 Å². The van der Waals surface area contributed by atoms with Crippen molar-refractivity contribution in [1.29, 1.82) is 0 Å². The number of carbonyl (C=O) groups is 1. The Morgan fingerprint density at radius 3 is 2.71 bits per heavy atom. The van der Waals surface area contributed by atoms with E-state index in [0.717, 1.165) is 35.4 Å². The number of amides is 1. The molecule has 1 aliphatic rings. The van der Waals surface area contributed by atoms with E-state index in [4.69, 9.17) is 0 Å². The quantitative estimate of drug-likeness (QED) is 0.462. The normalized spacial score (nSPS) is 14.9. The van der Waals surface area contributed by atoms with E-state index >= 15 is 0 Å². The summed E-state index contributed by atoms with van der Waals surface area (Å²) in [4.78, 5) is 26.2. The van der Waals surface area contributed by atoms with Crippen LogP contribution in [0.15, 0.2) is 18.2 Å². The van der Waals surface area contributed by atoms with Gasteiger partial charge in [0.25, 0.3) is 5.69 Å². The van der Waals surface area contributed by atoms with Gasteiger partial charge in [0.05, 0.1) is 17.2 Å². The molecule has 0 aromatic heterocycles. The highest BCUT2D eigenvalue weighted by atomic mass is 127. The van der Waals surface area contributed by atoms with Crippen LogP contribution in [0.25, 0.3) is 0 Å². The van der Waals surface area contributed by atoms with Gasteiger partial charge in [0.1, 0.15) is 0 Å². The van der Waals surface area contributed by atoms with Crippen molar-refractivity contribution in [2.24, 2.45) is 0 Å². The van der Waals surface area contributed by atoms with Crippen molar-refractivity contribution in [1.82, 2.24) is 10.2 Å². The van der Waals surface area contributed by atoms with Crippen LogP contribution in [0.1, 0.15) is 0 Å². The molecule has 0 aliphatic carbocycles. The molecule has 0 saturated carbocycles. The van der Waals surface area contributed by atoms with Crippen LogP contribution in [-0.2, 0) is 4.79 Å². The highest BCUT2D eigenvalue weighted by molar-refractivity contribution is 14.1. The van der Waals surface area contributed by atoms with E-state index in [1.54, 1.807) is 6.07 Å². The summed E-state index contributed by atoms with van der Waals surface area (Å²) in [6.07, 6.45) is 0. The number of non-ortho nitro benzene ring substituents is 1. The topological polar surface area (TPSA) is 78.7 Å². The van der Waals surface area contributed by atoms with E-state index in [1.165, 1.54) is 12.1 Å². The first-order chi connectivity index (χ1) is 9.99. The molecule has 1 aromatic rings. The highest BCUT2D eigenvalue weighted by Gasteiger charge is 2.19. The molecule has 1 saturated heterocycles. The van der Waals surface area contributed by atoms with Gasteiger partial charge >= 0.3 is 0 Å². The monoisotopic (exact) mass is 404 g/mol. The molecule has 21 heavy (non-hydrogen) atoms. The summed E-state index contributed by atoms with van der Waals surface area (Å²) in [5.74, 6) is 0.0770. The summed E-state index contributed by atoms with van der Waals surface area (Å²) >= 11 is 2.05. The lowest BCUT2D eigenvalue weighted by atomic mass is 10.2. The average Bonchev–Trinajstić information content (AvgIpc) is 2.47. The number of anilines is 1. The molecule has 7 nitrogen and oxygen atoms in total. The highest BCUT2D eigenvalue weighted by Crippen LogP contribution is 2.26. The number of hydrogen-bond acceptors (Lipinski definition) is 5. The Morgan fingerprint density at radius 1 is 1.48 bits per heavy atom. The Labute approximate surface area is 136 Å². The molecule has 0 bridgehead atoms. The van der Waals surface area contributed by atoms with Crippen molar-refractivity contribution in [2.45, 2.75) is 0 Å². The standard InChI is InChI=1S/C13H17IN4O3/c1-16(9-13(19)17-6-4-15-5-7-17)12-3-2-10(18(20)21)8-11(12)14/h2-3,8,15H,4-7,9H2,1H3. The number of carbonyl (C=O) groups excluding carboxylic acids is 1. The molecule has 1 aromatic carbocycles. The van der Waals surface area contributed by atoms with Crippen molar-refractivity contribution in [3.8, 4) is 0 Å². The molecule has 0 unspecified atom stereocenters. The number of likely N-dealkylation sites (N-methyl/N-ethyl adjacent to an activating group) is 1. The molecule has 114 valence electrons. The van der Waals surface area contributed by atoms with Gasteiger partial charge in [0, 0.05) is 48.9 Å². The minimum atomic E-state index is -0.419. The fourth-order valence-electron chi connectivity index (χ4n) is 2.22. The van der Waals surface area contributed by atoms with E-state index in [1.807, 2.05) is 16.8 Å². The molecule has 0 radical (unpaired) electrons. The van der Waals surface area contributed by atoms with Crippen molar-refractivity contribution in [2.75, 3.05) is 44.7 Å². The minimum absolute atomic E-state index is 0.0602. The summed E-state index contributed by atoms with van der Waals surface area (Å²) in [6.45, 7) is 3.37. The van der Waals surface area contributed by atoms with E-state index in [-0.39, 0.29) is 18.1 Å². The lowest BCUT2D eigenvalue weighted by molar-refractivity contribution is -0.384. The second-order valence-electron chi connectivity index (χ2n) is 4.88. The summed E-state index contributed by atoms with van der Waals surface area (Å²) in [5, 5.41) is 13.9. The van der Waals surface area contributed by atoms with Gasteiger partial charge in [-0.05, 0) is 28.7 Å². The van der Waals surface area contributed by atoms with Gasteiger partial charge in [0.2, 0.25) is 5.91 Å². The molecule has 0 spiro atoms. The van der Waals surface area contributed by atoms with Crippen LogP contribution in [0, 0.1) is 13.7 Å². The molecular weight excluding hydrogens is 387 g/mol. The van der Waals surface area contributed by atoms with Crippen LogP contribution in [0.2, 0.25) is 0 Å². The molecule has 1 fully saturated rings. The molecule has 1 aliphatic heterocycles. The molecule has 1 heterocycles. The minimum Gasteiger partial charge on any atom is -0.364 e. The Morgan fingerprint density at radius 2 is 2.14 bits per heavy atom. The van der Waals surface area contributed by atoms with E-state index in [0.29, 0.717) is 0 Å². The van der Waals surface area contributed by atoms with Crippen LogP contribution in [-0.4, -0.2) is 55.5 Å². The number of piperazine rings is 1. The lowest BCUT2D eigenvalue weighted by Gasteiger charge is -2.30. The van der Waals surface area contributed by atoms with Gasteiger partial charge in [-0.25, -0.2) is 0 Å². The maximum Gasteiger partial charge on any atom is 0.270 e.